The van der Waals surface area contributed by atoms with E-state index in [2.05, 4.69) is 20.3 Å². The average molecular weight is 366 g/mol. The molecule has 0 aliphatic rings. The Morgan fingerprint density at radius 2 is 2.21 bits per heavy atom. The minimum absolute atomic E-state index is 0.0579. The molecule has 0 bridgehead atoms. The van der Waals surface area contributed by atoms with Crippen LogP contribution in [0.15, 0.2) is 18.5 Å². The van der Waals surface area contributed by atoms with E-state index in [-0.39, 0.29) is 23.7 Å². The largest absolute Gasteiger partial charge is 0.365 e. The maximum Gasteiger partial charge on any atom is 0.224 e. The third-order valence-electron chi connectivity index (χ3n) is 3.65. The number of nitrogens with two attached hydrogens (primary N) is 1. The molecule has 126 valence electrons. The molecule has 0 aliphatic heterocycles. The Morgan fingerprint density at radius 3 is 2.92 bits per heavy atom. The SMILES string of the molecule is Cc1c(CC(C)N)sc2c(NCc3ccncc3F)nc(Cl)nc12. The Bertz CT molecular complexity index is 880. The second-order valence-corrected chi connectivity index (χ2v) is 7.11. The summed E-state index contributed by atoms with van der Waals surface area (Å²) in [5.74, 6) is 0.242. The highest BCUT2D eigenvalue weighted by Crippen LogP contribution is 2.35. The van der Waals surface area contributed by atoms with Crippen LogP contribution in [0, 0.1) is 12.7 Å². The summed E-state index contributed by atoms with van der Waals surface area (Å²) >= 11 is 7.65. The summed E-state index contributed by atoms with van der Waals surface area (Å²) in [4.78, 5) is 13.5. The molecule has 1 unspecified atom stereocenters. The Hall–Kier alpha value is -1.83. The quantitative estimate of drug-likeness (QED) is 0.674. The lowest BCUT2D eigenvalue weighted by Gasteiger charge is -2.07. The van der Waals surface area contributed by atoms with Gasteiger partial charge in [-0.05, 0) is 43.5 Å². The van der Waals surface area contributed by atoms with Gasteiger partial charge in [-0.2, -0.15) is 4.98 Å². The number of aromatic nitrogens is 3. The number of rotatable bonds is 5. The van der Waals surface area contributed by atoms with Crippen LogP contribution in [0.3, 0.4) is 0 Å². The third-order valence-corrected chi connectivity index (χ3v) is 5.13. The number of hydrogen-bond donors (Lipinski definition) is 2. The predicted octanol–water partition coefficient (Wildman–Crippen LogP) is 3.69. The summed E-state index contributed by atoms with van der Waals surface area (Å²) in [7, 11) is 0. The van der Waals surface area contributed by atoms with E-state index >= 15 is 0 Å². The molecule has 24 heavy (non-hydrogen) atoms. The first-order valence-electron chi connectivity index (χ1n) is 7.49. The molecule has 5 nitrogen and oxygen atoms in total. The van der Waals surface area contributed by atoms with Gasteiger partial charge in [0.05, 0.1) is 16.4 Å². The molecule has 0 saturated heterocycles. The Balaban J connectivity index is 1.96. The molecule has 0 amide bonds. The lowest BCUT2D eigenvalue weighted by atomic mass is 10.1. The van der Waals surface area contributed by atoms with Crippen LogP contribution in [0.25, 0.3) is 10.2 Å². The van der Waals surface area contributed by atoms with Gasteiger partial charge < -0.3 is 11.1 Å². The number of nitrogens with one attached hydrogen (secondary N) is 1. The molecular weight excluding hydrogens is 349 g/mol. The van der Waals surface area contributed by atoms with Crippen molar-refractivity contribution in [2.75, 3.05) is 5.32 Å². The molecule has 3 N–H and O–H groups in total. The molecule has 3 rings (SSSR count). The molecular formula is C16H17ClFN5S. The minimum atomic E-state index is -0.360. The molecule has 0 fully saturated rings. The first-order valence-corrected chi connectivity index (χ1v) is 8.68. The summed E-state index contributed by atoms with van der Waals surface area (Å²) in [6.07, 6.45) is 3.51. The third kappa shape index (κ3) is 3.48. The summed E-state index contributed by atoms with van der Waals surface area (Å²) in [6.45, 7) is 4.26. The number of fused-ring (bicyclic) bond motifs is 1. The van der Waals surface area contributed by atoms with Crippen LogP contribution in [-0.2, 0) is 13.0 Å². The Morgan fingerprint density at radius 1 is 1.42 bits per heavy atom. The van der Waals surface area contributed by atoms with Crippen LogP contribution in [0.2, 0.25) is 5.28 Å². The van der Waals surface area contributed by atoms with Gasteiger partial charge in [0.1, 0.15) is 11.6 Å². The monoisotopic (exact) mass is 365 g/mol. The van der Waals surface area contributed by atoms with Crippen LogP contribution >= 0.6 is 22.9 Å². The molecule has 0 spiro atoms. The molecule has 0 aromatic carbocycles. The highest BCUT2D eigenvalue weighted by Gasteiger charge is 2.16. The standard InChI is InChI=1S/C16H17ClFN5S/c1-8(19)5-12-9(2)13-14(24-12)15(23-16(17)22-13)21-6-10-3-4-20-7-11(10)18/h3-4,7-8H,5-6,19H2,1-2H3,(H,21,22,23). The Labute approximate surface area is 148 Å². The lowest BCUT2D eigenvalue weighted by molar-refractivity contribution is 0.606. The zero-order chi connectivity index (χ0) is 17.3. The maximum absolute atomic E-state index is 13.7. The van der Waals surface area contributed by atoms with Gasteiger partial charge in [0, 0.05) is 29.2 Å². The maximum atomic E-state index is 13.7. The summed E-state index contributed by atoms with van der Waals surface area (Å²) in [5, 5.41) is 3.32. The molecule has 0 radical (unpaired) electrons. The lowest BCUT2D eigenvalue weighted by Crippen LogP contribution is -2.17. The number of nitrogens with zero attached hydrogens (tertiary/aromatic N) is 3. The number of thiophene rings is 1. The Kier molecular flexibility index (Phi) is 4.93. The fourth-order valence-electron chi connectivity index (χ4n) is 2.44. The van der Waals surface area contributed by atoms with Crippen molar-refractivity contribution in [1.82, 2.24) is 15.0 Å². The first kappa shape index (κ1) is 17.0. The second-order valence-electron chi connectivity index (χ2n) is 5.67. The zero-order valence-corrected chi connectivity index (χ0v) is 14.9. The van der Waals surface area contributed by atoms with Crippen molar-refractivity contribution in [2.24, 2.45) is 5.73 Å². The smallest absolute Gasteiger partial charge is 0.224 e. The fourth-order valence-corrected chi connectivity index (χ4v) is 3.96. The van der Waals surface area contributed by atoms with Crippen LogP contribution in [0.4, 0.5) is 10.2 Å². The van der Waals surface area contributed by atoms with Crippen molar-refractivity contribution in [3.63, 3.8) is 0 Å². The van der Waals surface area contributed by atoms with Gasteiger partial charge in [-0.25, -0.2) is 9.37 Å². The number of aryl methyl sites for hydroxylation is 1. The normalized spacial score (nSPS) is 12.5. The van der Waals surface area contributed by atoms with Gasteiger partial charge in [0.25, 0.3) is 0 Å². The number of pyridine rings is 1. The van der Waals surface area contributed by atoms with Crippen molar-refractivity contribution >= 4 is 39.0 Å². The summed E-state index contributed by atoms with van der Waals surface area (Å²) in [5.41, 5.74) is 8.30. The van der Waals surface area contributed by atoms with E-state index in [1.807, 2.05) is 13.8 Å². The molecule has 0 saturated carbocycles. The molecule has 3 heterocycles. The van der Waals surface area contributed by atoms with Gasteiger partial charge in [-0.15, -0.1) is 11.3 Å². The van der Waals surface area contributed by atoms with Crippen molar-refractivity contribution in [1.29, 1.82) is 0 Å². The van der Waals surface area contributed by atoms with Crippen LogP contribution < -0.4 is 11.1 Å². The first-order chi connectivity index (χ1) is 11.5. The van der Waals surface area contributed by atoms with E-state index in [1.54, 1.807) is 23.6 Å². The van der Waals surface area contributed by atoms with E-state index in [1.165, 1.54) is 6.20 Å². The van der Waals surface area contributed by atoms with Crippen LogP contribution in [0.5, 0.6) is 0 Å². The molecule has 1 atom stereocenters. The zero-order valence-electron chi connectivity index (χ0n) is 13.3. The topological polar surface area (TPSA) is 76.7 Å². The van der Waals surface area contributed by atoms with E-state index in [0.717, 1.165) is 27.1 Å². The van der Waals surface area contributed by atoms with Gasteiger partial charge in [-0.1, -0.05) is 0 Å². The van der Waals surface area contributed by atoms with Crippen molar-refractivity contribution in [3.8, 4) is 0 Å². The molecule has 3 aromatic rings. The van der Waals surface area contributed by atoms with E-state index in [4.69, 9.17) is 17.3 Å². The number of hydrogen-bond acceptors (Lipinski definition) is 6. The molecule has 8 heteroatoms. The van der Waals surface area contributed by atoms with Gasteiger partial charge in [-0.3, -0.25) is 4.98 Å². The second kappa shape index (κ2) is 6.96. The van der Waals surface area contributed by atoms with Crippen LogP contribution in [-0.4, -0.2) is 21.0 Å². The average Bonchev–Trinajstić information content (AvgIpc) is 2.82. The van der Waals surface area contributed by atoms with Crippen molar-refractivity contribution < 1.29 is 4.39 Å². The summed E-state index contributed by atoms with van der Waals surface area (Å²) < 4.78 is 14.6. The van der Waals surface area contributed by atoms with E-state index in [0.29, 0.717) is 11.4 Å². The van der Waals surface area contributed by atoms with Crippen LogP contribution in [0.1, 0.15) is 22.9 Å². The van der Waals surface area contributed by atoms with Gasteiger partial charge >= 0.3 is 0 Å². The molecule has 3 aromatic heterocycles. The van der Waals surface area contributed by atoms with E-state index < -0.39 is 0 Å². The fraction of sp³-hybridized carbons (Fsp3) is 0.312. The van der Waals surface area contributed by atoms with Gasteiger partial charge in [0.15, 0.2) is 0 Å². The minimum Gasteiger partial charge on any atom is -0.365 e. The van der Waals surface area contributed by atoms with Crippen molar-refractivity contribution in [3.05, 3.63) is 45.6 Å². The van der Waals surface area contributed by atoms with E-state index in [9.17, 15) is 4.39 Å². The number of halogens is 2. The molecule has 0 aliphatic carbocycles. The summed E-state index contributed by atoms with van der Waals surface area (Å²) in [6, 6.07) is 1.69. The highest BCUT2D eigenvalue weighted by atomic mass is 35.5. The predicted molar refractivity (Wildman–Crippen MR) is 96.0 cm³/mol. The van der Waals surface area contributed by atoms with Gasteiger partial charge in [0.2, 0.25) is 5.28 Å². The van der Waals surface area contributed by atoms with Crippen molar-refractivity contribution in [2.45, 2.75) is 32.9 Å². The number of anilines is 1. The highest BCUT2D eigenvalue weighted by molar-refractivity contribution is 7.19.